The summed E-state index contributed by atoms with van der Waals surface area (Å²) in [6.07, 6.45) is -4.60. The van der Waals surface area contributed by atoms with Crippen molar-refractivity contribution in [2.45, 2.75) is 19.1 Å². The van der Waals surface area contributed by atoms with E-state index < -0.39 is 23.2 Å². The molecule has 2 rings (SSSR count). The molecule has 0 bridgehead atoms. The number of hydrogen-bond donors (Lipinski definition) is 2. The van der Waals surface area contributed by atoms with Crippen LogP contribution in [-0.2, 0) is 6.18 Å². The van der Waals surface area contributed by atoms with Gasteiger partial charge in [0.2, 0.25) is 5.28 Å². The molecule has 19 heavy (non-hydrogen) atoms. The average molecular weight is 294 g/mol. The van der Waals surface area contributed by atoms with Crippen LogP contribution in [0.3, 0.4) is 0 Å². The number of nitrogens with zero attached hydrogens (tertiary/aromatic N) is 5. The van der Waals surface area contributed by atoms with Crippen molar-refractivity contribution in [1.82, 2.24) is 30.6 Å². The molecule has 1 unspecified atom stereocenters. The largest absolute Gasteiger partial charge is 0.433 e. The molecule has 11 heteroatoms. The second kappa shape index (κ2) is 4.96. The van der Waals surface area contributed by atoms with E-state index in [9.17, 15) is 13.2 Å². The zero-order chi connectivity index (χ0) is 14.0. The van der Waals surface area contributed by atoms with E-state index in [2.05, 4.69) is 35.9 Å². The predicted octanol–water partition coefficient (Wildman–Crippen LogP) is 1.83. The minimum atomic E-state index is -4.60. The van der Waals surface area contributed by atoms with Crippen molar-refractivity contribution in [2.75, 3.05) is 5.32 Å². The molecule has 0 saturated heterocycles. The summed E-state index contributed by atoms with van der Waals surface area (Å²) in [6, 6.07) is 0.258. The summed E-state index contributed by atoms with van der Waals surface area (Å²) >= 11 is 5.45. The SMILES string of the molecule is CC(Nc1cc(C(F)(F)F)nc(Cl)n1)c1nn[nH]n1. The zero-order valence-corrected chi connectivity index (χ0v) is 10.2. The van der Waals surface area contributed by atoms with E-state index in [0.29, 0.717) is 0 Å². The highest BCUT2D eigenvalue weighted by Crippen LogP contribution is 2.30. The Balaban J connectivity index is 2.23. The fraction of sp³-hybridized carbons (Fsp3) is 0.375. The van der Waals surface area contributed by atoms with Crippen LogP contribution in [0.4, 0.5) is 19.0 Å². The summed E-state index contributed by atoms with van der Waals surface area (Å²) in [5, 5.41) is 15.1. The van der Waals surface area contributed by atoms with Crippen LogP contribution in [0.5, 0.6) is 0 Å². The van der Waals surface area contributed by atoms with Gasteiger partial charge in [-0.1, -0.05) is 5.21 Å². The quantitative estimate of drug-likeness (QED) is 0.839. The first-order chi connectivity index (χ1) is 8.86. The van der Waals surface area contributed by atoms with Crippen molar-refractivity contribution in [3.8, 4) is 0 Å². The number of nitrogens with one attached hydrogen (secondary N) is 2. The van der Waals surface area contributed by atoms with E-state index in [0.717, 1.165) is 6.07 Å². The minimum Gasteiger partial charge on any atom is -0.360 e. The number of aromatic nitrogens is 6. The molecule has 1 atom stereocenters. The standard InChI is InChI=1S/C8H7ClF3N7/c1-3(6-16-18-19-17-6)13-5-2-4(8(10,11)12)14-7(9)15-5/h2-3H,1H3,(H,13,14,15)(H,16,17,18,19). The van der Waals surface area contributed by atoms with E-state index >= 15 is 0 Å². The molecule has 2 aromatic rings. The van der Waals surface area contributed by atoms with Gasteiger partial charge in [0.15, 0.2) is 11.5 Å². The van der Waals surface area contributed by atoms with E-state index in [1.807, 2.05) is 0 Å². The predicted molar refractivity (Wildman–Crippen MR) is 58.3 cm³/mol. The first-order valence-corrected chi connectivity index (χ1v) is 5.35. The molecule has 102 valence electrons. The van der Waals surface area contributed by atoms with Crippen molar-refractivity contribution in [3.05, 3.63) is 22.9 Å². The topological polar surface area (TPSA) is 92.3 Å². The molecule has 0 aliphatic carbocycles. The maximum absolute atomic E-state index is 12.5. The summed E-state index contributed by atoms with van der Waals surface area (Å²) in [4.78, 5) is 6.77. The van der Waals surface area contributed by atoms with Crippen LogP contribution >= 0.6 is 11.6 Å². The first-order valence-electron chi connectivity index (χ1n) is 4.98. The summed E-state index contributed by atoms with van der Waals surface area (Å²) in [5.41, 5.74) is -1.13. The van der Waals surface area contributed by atoms with Crippen molar-refractivity contribution in [2.24, 2.45) is 0 Å². The molecule has 0 aliphatic heterocycles. The molecule has 0 amide bonds. The summed E-state index contributed by atoms with van der Waals surface area (Å²) in [7, 11) is 0. The Hall–Kier alpha value is -1.97. The van der Waals surface area contributed by atoms with Gasteiger partial charge in [0.05, 0.1) is 6.04 Å². The van der Waals surface area contributed by atoms with Crippen LogP contribution in [-0.4, -0.2) is 30.6 Å². The number of aromatic amines is 1. The lowest BCUT2D eigenvalue weighted by Crippen LogP contribution is -2.13. The lowest BCUT2D eigenvalue weighted by Gasteiger charge is -2.12. The van der Waals surface area contributed by atoms with Gasteiger partial charge in [0, 0.05) is 6.07 Å². The second-order valence-corrected chi connectivity index (χ2v) is 3.88. The lowest BCUT2D eigenvalue weighted by atomic mass is 10.3. The Kier molecular flexibility index (Phi) is 3.51. The summed E-state index contributed by atoms with van der Waals surface area (Å²) in [5.74, 6) is 0.202. The lowest BCUT2D eigenvalue weighted by molar-refractivity contribution is -0.141. The van der Waals surface area contributed by atoms with Crippen LogP contribution in [0.15, 0.2) is 6.07 Å². The Morgan fingerprint density at radius 2 is 2.11 bits per heavy atom. The van der Waals surface area contributed by atoms with Gasteiger partial charge in [-0.15, -0.1) is 10.2 Å². The van der Waals surface area contributed by atoms with Gasteiger partial charge < -0.3 is 5.32 Å². The summed E-state index contributed by atoms with van der Waals surface area (Å²) < 4.78 is 37.6. The third-order valence-electron chi connectivity index (χ3n) is 2.10. The molecular formula is C8H7ClF3N7. The van der Waals surface area contributed by atoms with Gasteiger partial charge in [-0.05, 0) is 18.5 Å². The van der Waals surface area contributed by atoms with E-state index in [1.165, 1.54) is 0 Å². The third-order valence-corrected chi connectivity index (χ3v) is 2.27. The smallest absolute Gasteiger partial charge is 0.360 e. The Bertz CT molecular complexity index is 556. The number of hydrogen-bond acceptors (Lipinski definition) is 6. The Morgan fingerprint density at radius 3 is 2.68 bits per heavy atom. The molecule has 0 saturated carbocycles. The number of anilines is 1. The van der Waals surface area contributed by atoms with Gasteiger partial charge in [-0.3, -0.25) is 0 Å². The van der Waals surface area contributed by atoms with Crippen molar-refractivity contribution in [3.63, 3.8) is 0 Å². The first kappa shape index (κ1) is 13.5. The molecule has 0 aliphatic rings. The normalized spacial score (nSPS) is 13.3. The van der Waals surface area contributed by atoms with Gasteiger partial charge in [-0.2, -0.15) is 18.4 Å². The highest BCUT2D eigenvalue weighted by Gasteiger charge is 2.33. The zero-order valence-electron chi connectivity index (χ0n) is 9.40. The molecule has 0 aromatic carbocycles. The van der Waals surface area contributed by atoms with Crippen LogP contribution in [0, 0.1) is 0 Å². The van der Waals surface area contributed by atoms with Crippen molar-refractivity contribution >= 4 is 17.4 Å². The molecule has 2 heterocycles. The van der Waals surface area contributed by atoms with Gasteiger partial charge in [0.1, 0.15) is 5.82 Å². The van der Waals surface area contributed by atoms with Crippen LogP contribution < -0.4 is 5.32 Å². The van der Waals surface area contributed by atoms with Crippen LogP contribution in [0.25, 0.3) is 0 Å². The van der Waals surface area contributed by atoms with Gasteiger partial charge >= 0.3 is 6.18 Å². The molecule has 0 fully saturated rings. The van der Waals surface area contributed by atoms with Crippen LogP contribution in [0.1, 0.15) is 24.5 Å². The minimum absolute atomic E-state index is 0.0791. The maximum atomic E-state index is 12.5. The molecular weight excluding hydrogens is 287 g/mol. The van der Waals surface area contributed by atoms with Gasteiger partial charge in [0.25, 0.3) is 0 Å². The molecule has 7 nitrogen and oxygen atoms in total. The average Bonchev–Trinajstić information content (AvgIpc) is 2.80. The van der Waals surface area contributed by atoms with E-state index in [4.69, 9.17) is 11.6 Å². The van der Waals surface area contributed by atoms with Gasteiger partial charge in [-0.25, -0.2) is 9.97 Å². The number of alkyl halides is 3. The second-order valence-electron chi connectivity index (χ2n) is 3.54. The van der Waals surface area contributed by atoms with E-state index in [1.54, 1.807) is 6.92 Å². The fourth-order valence-electron chi connectivity index (χ4n) is 1.28. The van der Waals surface area contributed by atoms with Crippen molar-refractivity contribution in [1.29, 1.82) is 0 Å². The molecule has 0 spiro atoms. The monoisotopic (exact) mass is 293 g/mol. The molecule has 2 aromatic heterocycles. The number of rotatable bonds is 3. The molecule has 0 radical (unpaired) electrons. The highest BCUT2D eigenvalue weighted by molar-refractivity contribution is 6.28. The molecule has 2 N–H and O–H groups in total. The highest BCUT2D eigenvalue weighted by atomic mass is 35.5. The third kappa shape index (κ3) is 3.28. The number of halogens is 4. The number of tetrazole rings is 1. The number of H-pyrrole nitrogens is 1. The summed E-state index contributed by atoms with van der Waals surface area (Å²) in [6.45, 7) is 1.63. The fourth-order valence-corrected chi connectivity index (χ4v) is 1.46. The Labute approximate surface area is 109 Å². The Morgan fingerprint density at radius 1 is 1.37 bits per heavy atom. The van der Waals surface area contributed by atoms with E-state index in [-0.39, 0.29) is 11.6 Å². The maximum Gasteiger partial charge on any atom is 0.433 e. The van der Waals surface area contributed by atoms with Crippen LogP contribution in [0.2, 0.25) is 5.28 Å². The van der Waals surface area contributed by atoms with Crippen molar-refractivity contribution < 1.29 is 13.2 Å².